The molecular formula is C16H17ClN2O3S. The lowest BCUT2D eigenvalue weighted by Crippen LogP contribution is -2.37. The van der Waals surface area contributed by atoms with E-state index in [1.807, 2.05) is 6.07 Å². The van der Waals surface area contributed by atoms with E-state index in [9.17, 15) is 13.2 Å². The van der Waals surface area contributed by atoms with E-state index in [1.165, 1.54) is 12.1 Å². The molecule has 0 fully saturated rings. The summed E-state index contributed by atoms with van der Waals surface area (Å²) in [6.07, 6.45) is 0.0213. The Kier molecular flexibility index (Phi) is 5.76. The van der Waals surface area contributed by atoms with Gasteiger partial charge in [-0.1, -0.05) is 35.9 Å². The minimum Gasteiger partial charge on any atom is -0.325 e. The van der Waals surface area contributed by atoms with Crippen LogP contribution in [0.15, 0.2) is 59.5 Å². The second kappa shape index (κ2) is 7.59. The molecule has 0 aliphatic rings. The van der Waals surface area contributed by atoms with E-state index in [0.717, 1.165) is 0 Å². The highest BCUT2D eigenvalue weighted by molar-refractivity contribution is 7.91. The summed E-state index contributed by atoms with van der Waals surface area (Å²) in [6.45, 7) is 0. The van der Waals surface area contributed by atoms with Crippen molar-refractivity contribution in [3.8, 4) is 0 Å². The Balaban J connectivity index is 1.95. The third kappa shape index (κ3) is 5.06. The molecule has 0 bridgehead atoms. The molecule has 23 heavy (non-hydrogen) atoms. The van der Waals surface area contributed by atoms with Crippen LogP contribution in [0.3, 0.4) is 0 Å². The first kappa shape index (κ1) is 17.5. The highest BCUT2D eigenvalue weighted by Gasteiger charge is 2.20. The molecule has 0 radical (unpaired) electrons. The lowest BCUT2D eigenvalue weighted by Gasteiger charge is -2.12. The van der Waals surface area contributed by atoms with Crippen molar-refractivity contribution in [3.63, 3.8) is 0 Å². The van der Waals surface area contributed by atoms with Crippen molar-refractivity contribution in [1.29, 1.82) is 0 Å². The van der Waals surface area contributed by atoms with E-state index >= 15 is 0 Å². The molecule has 0 saturated heterocycles. The maximum atomic E-state index is 12.2. The molecule has 122 valence electrons. The fourth-order valence-electron chi connectivity index (χ4n) is 1.95. The van der Waals surface area contributed by atoms with Gasteiger partial charge in [0.25, 0.3) is 0 Å². The predicted molar refractivity (Wildman–Crippen MR) is 91.2 cm³/mol. The summed E-state index contributed by atoms with van der Waals surface area (Å²) in [6, 6.07) is 14.0. The van der Waals surface area contributed by atoms with Crippen molar-refractivity contribution in [2.45, 2.75) is 17.4 Å². The van der Waals surface area contributed by atoms with Gasteiger partial charge in [0.15, 0.2) is 9.84 Å². The van der Waals surface area contributed by atoms with E-state index < -0.39 is 21.8 Å². The quantitative estimate of drug-likeness (QED) is 0.835. The number of nitrogens with one attached hydrogen (secondary N) is 1. The average molecular weight is 353 g/mol. The molecule has 0 saturated carbocycles. The normalized spacial score (nSPS) is 12.6. The number of hydrogen-bond donors (Lipinski definition) is 2. The molecule has 0 aliphatic heterocycles. The van der Waals surface area contributed by atoms with E-state index in [-0.39, 0.29) is 17.1 Å². The Hall–Kier alpha value is -1.89. The second-order valence-electron chi connectivity index (χ2n) is 5.03. The van der Waals surface area contributed by atoms with Gasteiger partial charge >= 0.3 is 0 Å². The lowest BCUT2D eigenvalue weighted by molar-refractivity contribution is -0.117. The number of halogens is 1. The number of nitrogens with two attached hydrogens (primary N) is 1. The smallest absolute Gasteiger partial charge is 0.241 e. The SMILES string of the molecule is NC(CCS(=O)(=O)c1cccc(Cl)c1)C(=O)Nc1ccccc1. The van der Waals surface area contributed by atoms with Crippen molar-refractivity contribution >= 4 is 33.0 Å². The van der Waals surface area contributed by atoms with Crippen LogP contribution in [0.5, 0.6) is 0 Å². The number of rotatable bonds is 6. The Morgan fingerprint density at radius 1 is 1.13 bits per heavy atom. The molecule has 2 aromatic rings. The Labute approximate surface area is 140 Å². The molecule has 1 atom stereocenters. The fraction of sp³-hybridized carbons (Fsp3) is 0.188. The van der Waals surface area contributed by atoms with E-state index in [2.05, 4.69) is 5.32 Å². The Morgan fingerprint density at radius 2 is 1.83 bits per heavy atom. The molecule has 2 aromatic carbocycles. The van der Waals surface area contributed by atoms with Gasteiger partial charge in [-0.15, -0.1) is 0 Å². The van der Waals surface area contributed by atoms with Gasteiger partial charge in [-0.05, 0) is 36.8 Å². The van der Waals surface area contributed by atoms with Crippen LogP contribution >= 0.6 is 11.6 Å². The molecule has 0 spiro atoms. The zero-order valence-corrected chi connectivity index (χ0v) is 13.8. The third-order valence-electron chi connectivity index (χ3n) is 3.23. The van der Waals surface area contributed by atoms with Crippen LogP contribution in [0.1, 0.15) is 6.42 Å². The molecule has 0 heterocycles. The van der Waals surface area contributed by atoms with Crippen molar-refractivity contribution in [2.24, 2.45) is 5.73 Å². The number of carbonyl (C=O) groups excluding carboxylic acids is 1. The van der Waals surface area contributed by atoms with Gasteiger partial charge in [-0.3, -0.25) is 4.79 Å². The minimum absolute atomic E-state index is 0.0213. The fourth-order valence-corrected chi connectivity index (χ4v) is 3.60. The summed E-state index contributed by atoms with van der Waals surface area (Å²) in [4.78, 5) is 12.1. The molecule has 5 nitrogen and oxygen atoms in total. The molecule has 3 N–H and O–H groups in total. The highest BCUT2D eigenvalue weighted by atomic mass is 35.5. The second-order valence-corrected chi connectivity index (χ2v) is 7.57. The first-order valence-electron chi connectivity index (χ1n) is 6.98. The van der Waals surface area contributed by atoms with Crippen LogP contribution in [-0.2, 0) is 14.6 Å². The maximum Gasteiger partial charge on any atom is 0.241 e. The number of amides is 1. The van der Waals surface area contributed by atoms with E-state index in [4.69, 9.17) is 17.3 Å². The van der Waals surface area contributed by atoms with E-state index in [1.54, 1.807) is 36.4 Å². The number of sulfone groups is 1. The van der Waals surface area contributed by atoms with Gasteiger partial charge in [-0.2, -0.15) is 0 Å². The monoisotopic (exact) mass is 352 g/mol. The van der Waals surface area contributed by atoms with Gasteiger partial charge in [0, 0.05) is 10.7 Å². The topological polar surface area (TPSA) is 89.3 Å². The van der Waals surface area contributed by atoms with Crippen LogP contribution in [0.4, 0.5) is 5.69 Å². The average Bonchev–Trinajstić information content (AvgIpc) is 2.53. The number of benzene rings is 2. The summed E-state index contributed by atoms with van der Waals surface area (Å²) in [5, 5.41) is 2.99. The zero-order valence-electron chi connectivity index (χ0n) is 12.3. The maximum absolute atomic E-state index is 12.2. The Bertz CT molecular complexity index is 779. The van der Waals surface area contributed by atoms with Crippen molar-refractivity contribution in [1.82, 2.24) is 0 Å². The van der Waals surface area contributed by atoms with Gasteiger partial charge in [0.05, 0.1) is 16.7 Å². The highest BCUT2D eigenvalue weighted by Crippen LogP contribution is 2.17. The zero-order chi connectivity index (χ0) is 16.9. The molecule has 0 aliphatic carbocycles. The molecular weight excluding hydrogens is 336 g/mol. The molecule has 2 rings (SSSR count). The molecule has 0 aromatic heterocycles. The van der Waals surface area contributed by atoms with Crippen molar-refractivity contribution in [3.05, 3.63) is 59.6 Å². The molecule has 1 amide bonds. The van der Waals surface area contributed by atoms with Gasteiger partial charge in [0.1, 0.15) is 0 Å². The number of anilines is 1. The standard InChI is InChI=1S/C16H17ClN2O3S/c17-12-5-4-8-14(11-12)23(21,22)10-9-15(18)16(20)19-13-6-2-1-3-7-13/h1-8,11,15H,9-10,18H2,(H,19,20). The number of para-hydroxylation sites is 1. The molecule has 7 heteroatoms. The van der Waals surface area contributed by atoms with Crippen molar-refractivity contribution in [2.75, 3.05) is 11.1 Å². The summed E-state index contributed by atoms with van der Waals surface area (Å²) in [5.41, 5.74) is 6.39. The van der Waals surface area contributed by atoms with Crippen LogP contribution in [0.2, 0.25) is 5.02 Å². The number of hydrogen-bond acceptors (Lipinski definition) is 4. The molecule has 1 unspecified atom stereocenters. The third-order valence-corrected chi connectivity index (χ3v) is 5.21. The van der Waals surface area contributed by atoms with Crippen LogP contribution in [-0.4, -0.2) is 26.1 Å². The van der Waals surface area contributed by atoms with E-state index in [0.29, 0.717) is 10.7 Å². The van der Waals surface area contributed by atoms with Gasteiger partial charge < -0.3 is 11.1 Å². The van der Waals surface area contributed by atoms with Gasteiger partial charge in [0.2, 0.25) is 5.91 Å². The first-order valence-corrected chi connectivity index (χ1v) is 9.01. The van der Waals surface area contributed by atoms with Crippen LogP contribution < -0.4 is 11.1 Å². The Morgan fingerprint density at radius 3 is 2.48 bits per heavy atom. The first-order chi connectivity index (χ1) is 10.9. The predicted octanol–water partition coefficient (Wildman–Crippen LogP) is 2.47. The summed E-state index contributed by atoms with van der Waals surface area (Å²) in [5.74, 6) is -0.644. The summed E-state index contributed by atoms with van der Waals surface area (Å²) < 4.78 is 24.4. The summed E-state index contributed by atoms with van der Waals surface area (Å²) in [7, 11) is -3.53. The van der Waals surface area contributed by atoms with Crippen LogP contribution in [0.25, 0.3) is 0 Å². The largest absolute Gasteiger partial charge is 0.325 e. The minimum atomic E-state index is -3.53. The number of carbonyl (C=O) groups is 1. The van der Waals surface area contributed by atoms with Crippen molar-refractivity contribution < 1.29 is 13.2 Å². The van der Waals surface area contributed by atoms with Crippen LogP contribution in [0, 0.1) is 0 Å². The van der Waals surface area contributed by atoms with Gasteiger partial charge in [-0.25, -0.2) is 8.42 Å². The summed E-state index contributed by atoms with van der Waals surface area (Å²) >= 11 is 5.80. The lowest BCUT2D eigenvalue weighted by atomic mass is 10.2.